The van der Waals surface area contributed by atoms with E-state index < -0.39 is 0 Å². The molecule has 5 nitrogen and oxygen atoms in total. The molecular weight excluding hydrogens is 208 g/mol. The Balaban J connectivity index is 2.28. The van der Waals surface area contributed by atoms with Gasteiger partial charge in [-0.25, -0.2) is 0 Å². The molecule has 1 aromatic carbocycles. The Morgan fingerprint density at radius 1 is 1.44 bits per heavy atom. The van der Waals surface area contributed by atoms with Gasteiger partial charge >= 0.3 is 0 Å². The quantitative estimate of drug-likeness (QED) is 0.848. The van der Waals surface area contributed by atoms with Gasteiger partial charge < -0.3 is 14.4 Å². The smallest absolute Gasteiger partial charge is 0.252 e. The van der Waals surface area contributed by atoms with E-state index >= 15 is 0 Å². The average molecular weight is 220 g/mol. The van der Waals surface area contributed by atoms with E-state index in [1.54, 1.807) is 0 Å². The first kappa shape index (κ1) is 10.6. The van der Waals surface area contributed by atoms with Crippen LogP contribution in [0.25, 0.3) is 11.4 Å². The Labute approximate surface area is 92.7 Å². The number of nitrogens with zero attached hydrogens (tertiary/aromatic N) is 2. The summed E-state index contributed by atoms with van der Waals surface area (Å²) in [6.45, 7) is 2.28. The lowest BCUT2D eigenvalue weighted by Crippen LogP contribution is -1.91. The molecule has 0 unspecified atom stereocenters. The monoisotopic (exact) mass is 220 g/mol. The number of hydrogen-bond acceptors (Lipinski definition) is 5. The Morgan fingerprint density at radius 2 is 2.31 bits per heavy atom. The molecule has 0 amide bonds. The van der Waals surface area contributed by atoms with Gasteiger partial charge in [-0.05, 0) is 19.1 Å². The summed E-state index contributed by atoms with van der Waals surface area (Å²) >= 11 is 0. The van der Waals surface area contributed by atoms with Crippen molar-refractivity contribution < 1.29 is 14.4 Å². The maximum atomic E-state index is 8.82. The minimum atomic E-state index is -0.252. The second-order valence-electron chi connectivity index (χ2n) is 3.13. The van der Waals surface area contributed by atoms with Crippen molar-refractivity contribution in [3.8, 4) is 17.1 Å². The third-order valence-corrected chi connectivity index (χ3v) is 2.01. The van der Waals surface area contributed by atoms with Gasteiger partial charge in [-0.3, -0.25) is 0 Å². The van der Waals surface area contributed by atoms with Gasteiger partial charge in [0.15, 0.2) is 0 Å². The van der Waals surface area contributed by atoms with Crippen molar-refractivity contribution in [1.29, 1.82) is 0 Å². The summed E-state index contributed by atoms with van der Waals surface area (Å²) in [4.78, 5) is 4.02. The fourth-order valence-electron chi connectivity index (χ4n) is 1.33. The van der Waals surface area contributed by atoms with Gasteiger partial charge in [0, 0.05) is 5.56 Å². The number of rotatable bonds is 4. The molecule has 0 saturated heterocycles. The van der Waals surface area contributed by atoms with E-state index in [1.165, 1.54) is 0 Å². The maximum Gasteiger partial charge on any atom is 0.252 e. The molecule has 1 N–H and O–H groups in total. The van der Waals surface area contributed by atoms with E-state index in [-0.39, 0.29) is 12.5 Å². The molecular formula is C11H12N2O3. The number of benzene rings is 1. The lowest BCUT2D eigenvalue weighted by Gasteiger charge is -2.02. The second kappa shape index (κ2) is 4.76. The van der Waals surface area contributed by atoms with Gasteiger partial charge in [0.05, 0.1) is 6.61 Å². The van der Waals surface area contributed by atoms with Crippen LogP contribution in [0, 0.1) is 0 Å². The van der Waals surface area contributed by atoms with Crippen LogP contribution in [0.2, 0.25) is 0 Å². The predicted molar refractivity (Wildman–Crippen MR) is 56.8 cm³/mol. The molecule has 1 heterocycles. The van der Waals surface area contributed by atoms with Crippen LogP contribution in [0.4, 0.5) is 0 Å². The number of hydrogen-bond donors (Lipinski definition) is 1. The number of aliphatic hydroxyl groups is 1. The molecule has 0 bridgehead atoms. The second-order valence-corrected chi connectivity index (χ2v) is 3.13. The highest BCUT2D eigenvalue weighted by Gasteiger charge is 2.08. The van der Waals surface area contributed by atoms with Crippen LogP contribution in [0.5, 0.6) is 5.75 Å². The zero-order valence-corrected chi connectivity index (χ0v) is 8.88. The topological polar surface area (TPSA) is 68.4 Å². The Bertz CT molecular complexity index is 468. The van der Waals surface area contributed by atoms with Crippen molar-refractivity contribution in [2.75, 3.05) is 6.61 Å². The van der Waals surface area contributed by atoms with Crippen molar-refractivity contribution >= 4 is 0 Å². The van der Waals surface area contributed by atoms with Crippen molar-refractivity contribution in [3.63, 3.8) is 0 Å². The lowest BCUT2D eigenvalue weighted by molar-refractivity contribution is 0.222. The number of aliphatic hydroxyl groups excluding tert-OH is 1. The normalized spacial score (nSPS) is 10.4. The number of aromatic nitrogens is 2. The predicted octanol–water partition coefficient (Wildman–Crippen LogP) is 1.63. The Hall–Kier alpha value is -1.88. The molecule has 0 atom stereocenters. The summed E-state index contributed by atoms with van der Waals surface area (Å²) in [6.07, 6.45) is 0. The van der Waals surface area contributed by atoms with Crippen LogP contribution in [0.3, 0.4) is 0 Å². The molecule has 2 rings (SSSR count). The fourth-order valence-corrected chi connectivity index (χ4v) is 1.33. The molecule has 0 radical (unpaired) electrons. The number of ether oxygens (including phenoxy) is 1. The molecule has 16 heavy (non-hydrogen) atoms. The molecule has 0 aliphatic heterocycles. The molecule has 2 aromatic rings. The molecule has 0 saturated carbocycles. The van der Waals surface area contributed by atoms with Crippen LogP contribution < -0.4 is 4.74 Å². The Morgan fingerprint density at radius 3 is 3.00 bits per heavy atom. The largest absolute Gasteiger partial charge is 0.494 e. The highest BCUT2D eigenvalue weighted by Crippen LogP contribution is 2.21. The fraction of sp³-hybridized carbons (Fsp3) is 0.273. The molecule has 0 spiro atoms. The minimum Gasteiger partial charge on any atom is -0.494 e. The van der Waals surface area contributed by atoms with Gasteiger partial charge in [0.2, 0.25) is 5.82 Å². The lowest BCUT2D eigenvalue weighted by atomic mass is 10.2. The van der Waals surface area contributed by atoms with E-state index in [2.05, 4.69) is 10.1 Å². The van der Waals surface area contributed by atoms with Crippen LogP contribution in [-0.4, -0.2) is 21.9 Å². The molecule has 0 aliphatic carbocycles. The molecule has 0 aliphatic rings. The maximum absolute atomic E-state index is 8.82. The summed E-state index contributed by atoms with van der Waals surface area (Å²) in [5, 5.41) is 12.6. The van der Waals surface area contributed by atoms with E-state index in [9.17, 15) is 0 Å². The average Bonchev–Trinajstić information content (AvgIpc) is 2.78. The van der Waals surface area contributed by atoms with Crippen LogP contribution in [-0.2, 0) is 6.61 Å². The third-order valence-electron chi connectivity index (χ3n) is 2.01. The van der Waals surface area contributed by atoms with E-state index in [1.807, 2.05) is 31.2 Å². The first-order chi connectivity index (χ1) is 7.83. The first-order valence-corrected chi connectivity index (χ1v) is 5.00. The summed E-state index contributed by atoms with van der Waals surface area (Å²) in [5.41, 5.74) is 0.800. The van der Waals surface area contributed by atoms with Gasteiger partial charge in [0.1, 0.15) is 12.4 Å². The van der Waals surface area contributed by atoms with Gasteiger partial charge in [-0.1, -0.05) is 17.3 Å². The molecule has 1 aromatic heterocycles. The van der Waals surface area contributed by atoms with Crippen molar-refractivity contribution in [2.24, 2.45) is 0 Å². The standard InChI is InChI=1S/C11H12N2O3/c1-2-15-9-5-3-4-8(6-9)11-12-10(7-14)16-13-11/h3-6,14H,2,7H2,1H3. The van der Waals surface area contributed by atoms with E-state index in [0.29, 0.717) is 12.4 Å². The molecule has 0 fully saturated rings. The first-order valence-electron chi connectivity index (χ1n) is 5.00. The summed E-state index contributed by atoms with van der Waals surface area (Å²) in [7, 11) is 0. The summed E-state index contributed by atoms with van der Waals surface area (Å²) in [5.74, 6) is 1.41. The Kier molecular flexibility index (Phi) is 3.16. The van der Waals surface area contributed by atoms with Gasteiger partial charge in [-0.15, -0.1) is 0 Å². The highest BCUT2D eigenvalue weighted by molar-refractivity contribution is 5.56. The van der Waals surface area contributed by atoms with Crippen molar-refractivity contribution in [1.82, 2.24) is 10.1 Å². The molecule has 84 valence electrons. The zero-order valence-electron chi connectivity index (χ0n) is 8.88. The van der Waals surface area contributed by atoms with Crippen molar-refractivity contribution in [2.45, 2.75) is 13.5 Å². The summed E-state index contributed by atoms with van der Waals surface area (Å²) in [6, 6.07) is 7.40. The molecule has 5 heteroatoms. The van der Waals surface area contributed by atoms with Crippen molar-refractivity contribution in [3.05, 3.63) is 30.2 Å². The highest BCUT2D eigenvalue weighted by atomic mass is 16.5. The van der Waals surface area contributed by atoms with E-state index in [0.717, 1.165) is 11.3 Å². The van der Waals surface area contributed by atoms with Crippen LogP contribution in [0.1, 0.15) is 12.8 Å². The van der Waals surface area contributed by atoms with E-state index in [4.69, 9.17) is 14.4 Å². The van der Waals surface area contributed by atoms with Gasteiger partial charge in [-0.2, -0.15) is 4.98 Å². The summed E-state index contributed by atoms with van der Waals surface area (Å²) < 4.78 is 10.2. The minimum absolute atomic E-state index is 0.205. The SMILES string of the molecule is CCOc1cccc(-c2noc(CO)n2)c1. The van der Waals surface area contributed by atoms with Crippen LogP contribution in [0.15, 0.2) is 28.8 Å². The van der Waals surface area contributed by atoms with Gasteiger partial charge in [0.25, 0.3) is 5.89 Å². The third kappa shape index (κ3) is 2.20. The zero-order chi connectivity index (χ0) is 11.4. The van der Waals surface area contributed by atoms with Crippen LogP contribution >= 0.6 is 0 Å².